The lowest BCUT2D eigenvalue weighted by atomic mass is 10.0. The van der Waals surface area contributed by atoms with Crippen LogP contribution in [0.15, 0.2) is 66.7 Å². The summed E-state index contributed by atoms with van der Waals surface area (Å²) in [6.45, 7) is 5.70. The van der Waals surface area contributed by atoms with Crippen molar-refractivity contribution in [1.29, 1.82) is 0 Å². The average Bonchev–Trinajstić information content (AvgIpc) is 3.40. The third-order valence-electron chi connectivity index (χ3n) is 6.32. The number of para-hydroxylation sites is 2. The molecule has 0 unspecified atom stereocenters. The molecule has 0 bridgehead atoms. The highest BCUT2D eigenvalue weighted by molar-refractivity contribution is 6.12. The lowest BCUT2D eigenvalue weighted by molar-refractivity contribution is 0.0398. The summed E-state index contributed by atoms with van der Waals surface area (Å²) in [5, 5.41) is 7.31. The summed E-state index contributed by atoms with van der Waals surface area (Å²) < 4.78 is 5.43. The topological polar surface area (TPSA) is 56.1 Å². The molecule has 0 atom stereocenters. The highest BCUT2D eigenvalue weighted by atomic mass is 16.5. The molecule has 3 aromatic carbocycles. The Morgan fingerprint density at radius 2 is 1.71 bits per heavy atom. The number of rotatable bonds is 5. The van der Waals surface area contributed by atoms with Crippen molar-refractivity contribution >= 4 is 38.5 Å². The third kappa shape index (κ3) is 3.46. The lowest BCUT2D eigenvalue weighted by Crippen LogP contribution is -2.39. The molecule has 1 aliphatic heterocycles. The van der Waals surface area contributed by atoms with Gasteiger partial charge in [0.25, 0.3) is 0 Å². The fourth-order valence-corrected chi connectivity index (χ4v) is 4.68. The second kappa shape index (κ2) is 7.76. The molecule has 1 aliphatic rings. The van der Waals surface area contributed by atoms with Crippen LogP contribution in [-0.4, -0.2) is 54.3 Å². The molecule has 3 heterocycles. The fraction of sp³-hybridized carbons (Fsp3) is 0.231. The molecule has 3 N–H and O–H groups in total. The second-order valence-corrected chi connectivity index (χ2v) is 8.26. The van der Waals surface area contributed by atoms with E-state index < -0.39 is 0 Å². The second-order valence-electron chi connectivity index (χ2n) is 8.26. The Balaban J connectivity index is 1.28. The van der Waals surface area contributed by atoms with E-state index >= 15 is 0 Å². The maximum Gasteiger partial charge on any atom is 0.104 e. The van der Waals surface area contributed by atoms with Gasteiger partial charge in [0.05, 0.1) is 18.7 Å². The predicted octanol–water partition coefficient (Wildman–Crippen LogP) is 5.21. The van der Waals surface area contributed by atoms with E-state index in [1.54, 1.807) is 0 Å². The number of anilines is 1. The quantitative estimate of drug-likeness (QED) is 0.373. The van der Waals surface area contributed by atoms with E-state index in [9.17, 15) is 0 Å². The fourth-order valence-electron chi connectivity index (χ4n) is 4.68. The molecule has 1 saturated heterocycles. The van der Waals surface area contributed by atoms with Crippen molar-refractivity contribution in [2.24, 2.45) is 0 Å². The summed E-state index contributed by atoms with van der Waals surface area (Å²) in [5.41, 5.74) is 5.99. The van der Waals surface area contributed by atoms with Gasteiger partial charge in [-0.25, -0.2) is 0 Å². The predicted molar refractivity (Wildman–Crippen MR) is 129 cm³/mol. The number of ether oxygens (including phenoxy) is 1. The molecule has 1 fully saturated rings. The van der Waals surface area contributed by atoms with E-state index in [4.69, 9.17) is 4.74 Å². The summed E-state index contributed by atoms with van der Waals surface area (Å²) in [7, 11) is 0. The molecule has 6 rings (SSSR count). The number of aromatic amines is 2. The van der Waals surface area contributed by atoms with Crippen molar-refractivity contribution < 1.29 is 4.74 Å². The first-order chi connectivity index (χ1) is 15.3. The maximum atomic E-state index is 5.43. The molecular weight excluding hydrogens is 384 g/mol. The zero-order chi connectivity index (χ0) is 20.6. The van der Waals surface area contributed by atoms with Crippen LogP contribution in [0.2, 0.25) is 0 Å². The molecule has 0 spiro atoms. The molecule has 5 nitrogen and oxygen atoms in total. The van der Waals surface area contributed by atoms with Gasteiger partial charge in [-0.2, -0.15) is 0 Å². The SMILES string of the molecule is c1ccc2c(c1)[nH]c1c(-c3ccc4[nH]c(NCCN5CCOCC5)cc4c3)cccc12. The number of hydrogen-bond donors (Lipinski definition) is 3. The highest BCUT2D eigenvalue weighted by Crippen LogP contribution is 2.34. The van der Waals surface area contributed by atoms with Crippen molar-refractivity contribution in [2.45, 2.75) is 0 Å². The normalized spacial score (nSPS) is 15.2. The number of nitrogens with zero attached hydrogens (tertiary/aromatic N) is 1. The molecule has 5 aromatic rings. The summed E-state index contributed by atoms with van der Waals surface area (Å²) in [6, 6.07) is 23.9. The number of aromatic nitrogens is 2. The molecule has 156 valence electrons. The number of morpholine rings is 1. The van der Waals surface area contributed by atoms with Gasteiger partial charge in [-0.05, 0) is 29.8 Å². The van der Waals surface area contributed by atoms with Gasteiger partial charge in [0.2, 0.25) is 0 Å². The summed E-state index contributed by atoms with van der Waals surface area (Å²) in [4.78, 5) is 9.57. The smallest absolute Gasteiger partial charge is 0.104 e. The van der Waals surface area contributed by atoms with Crippen LogP contribution >= 0.6 is 0 Å². The van der Waals surface area contributed by atoms with Gasteiger partial charge in [0, 0.05) is 58.9 Å². The number of nitrogens with one attached hydrogen (secondary N) is 3. The van der Waals surface area contributed by atoms with E-state index in [1.165, 1.54) is 38.3 Å². The van der Waals surface area contributed by atoms with Crippen LogP contribution in [0, 0.1) is 0 Å². The molecule has 5 heteroatoms. The molecule has 31 heavy (non-hydrogen) atoms. The van der Waals surface area contributed by atoms with Gasteiger partial charge in [-0.3, -0.25) is 4.90 Å². The maximum absolute atomic E-state index is 5.43. The van der Waals surface area contributed by atoms with Crippen molar-refractivity contribution in [3.63, 3.8) is 0 Å². The standard InChI is InChI=1S/C26H26N4O/c1-2-7-24-21(4-1)22-6-3-5-20(26(22)29-24)18-8-9-23-19(16-18)17-25(28-23)27-10-11-30-12-14-31-15-13-30/h1-9,16-17,27-29H,10-15H2. The van der Waals surface area contributed by atoms with E-state index in [-0.39, 0.29) is 0 Å². The van der Waals surface area contributed by atoms with Crippen LogP contribution in [0.25, 0.3) is 43.8 Å². The van der Waals surface area contributed by atoms with Crippen LogP contribution in [-0.2, 0) is 4.74 Å². The molecule has 0 amide bonds. The van der Waals surface area contributed by atoms with Gasteiger partial charge in [-0.1, -0.05) is 42.5 Å². The Bertz CT molecular complexity index is 1360. The minimum Gasteiger partial charge on any atom is -0.379 e. The van der Waals surface area contributed by atoms with E-state index in [0.717, 1.165) is 50.7 Å². The molecule has 2 aromatic heterocycles. The number of H-pyrrole nitrogens is 2. The zero-order valence-electron chi connectivity index (χ0n) is 17.4. The van der Waals surface area contributed by atoms with Gasteiger partial charge in [-0.15, -0.1) is 0 Å². The van der Waals surface area contributed by atoms with Gasteiger partial charge >= 0.3 is 0 Å². The monoisotopic (exact) mass is 410 g/mol. The van der Waals surface area contributed by atoms with Crippen molar-refractivity contribution in [1.82, 2.24) is 14.9 Å². The van der Waals surface area contributed by atoms with Crippen LogP contribution < -0.4 is 5.32 Å². The molecule has 0 saturated carbocycles. The molecule has 0 radical (unpaired) electrons. The number of fused-ring (bicyclic) bond motifs is 4. The summed E-state index contributed by atoms with van der Waals surface area (Å²) in [5.74, 6) is 1.07. The Hall–Kier alpha value is -3.28. The van der Waals surface area contributed by atoms with Crippen LogP contribution in [0.5, 0.6) is 0 Å². The van der Waals surface area contributed by atoms with Gasteiger partial charge in [0.1, 0.15) is 5.82 Å². The van der Waals surface area contributed by atoms with Crippen molar-refractivity contribution in [2.75, 3.05) is 44.7 Å². The van der Waals surface area contributed by atoms with E-state index in [0.29, 0.717) is 0 Å². The first-order valence-electron chi connectivity index (χ1n) is 11.0. The zero-order valence-corrected chi connectivity index (χ0v) is 17.4. The minimum atomic E-state index is 0.846. The summed E-state index contributed by atoms with van der Waals surface area (Å²) in [6.07, 6.45) is 0. The van der Waals surface area contributed by atoms with Crippen LogP contribution in [0.1, 0.15) is 0 Å². The summed E-state index contributed by atoms with van der Waals surface area (Å²) >= 11 is 0. The Morgan fingerprint density at radius 1 is 0.839 bits per heavy atom. The van der Waals surface area contributed by atoms with Crippen molar-refractivity contribution in [3.05, 3.63) is 66.7 Å². The highest BCUT2D eigenvalue weighted by Gasteiger charge is 2.12. The average molecular weight is 411 g/mol. The third-order valence-corrected chi connectivity index (χ3v) is 6.32. The Kier molecular flexibility index (Phi) is 4.63. The lowest BCUT2D eigenvalue weighted by Gasteiger charge is -2.26. The first kappa shape index (κ1) is 18.5. The van der Waals surface area contributed by atoms with Gasteiger partial charge in [0.15, 0.2) is 0 Å². The largest absolute Gasteiger partial charge is 0.379 e. The Morgan fingerprint density at radius 3 is 2.65 bits per heavy atom. The Labute approximate surface area is 181 Å². The van der Waals surface area contributed by atoms with E-state index in [1.807, 2.05) is 0 Å². The number of benzene rings is 3. The molecular formula is C26H26N4O. The van der Waals surface area contributed by atoms with Crippen LogP contribution in [0.3, 0.4) is 0 Å². The van der Waals surface area contributed by atoms with Crippen molar-refractivity contribution in [3.8, 4) is 11.1 Å². The minimum absolute atomic E-state index is 0.846. The van der Waals surface area contributed by atoms with E-state index in [2.05, 4.69) is 86.9 Å². The first-order valence-corrected chi connectivity index (χ1v) is 11.0. The molecule has 0 aliphatic carbocycles. The van der Waals surface area contributed by atoms with Gasteiger partial charge < -0.3 is 20.0 Å². The number of hydrogen-bond acceptors (Lipinski definition) is 3. The van der Waals surface area contributed by atoms with Crippen LogP contribution in [0.4, 0.5) is 5.82 Å².